The molecular weight excluding hydrogens is 274 g/mol. The van der Waals surface area contributed by atoms with Crippen molar-refractivity contribution in [2.24, 2.45) is 0 Å². The van der Waals surface area contributed by atoms with Crippen LogP contribution in [-0.4, -0.2) is 41.3 Å². The number of nitrogens with zero attached hydrogens (tertiary/aromatic N) is 2. The van der Waals surface area contributed by atoms with Crippen LogP contribution in [0.5, 0.6) is 0 Å². The van der Waals surface area contributed by atoms with Crippen molar-refractivity contribution in [3.05, 3.63) is 4.88 Å². The molecule has 0 aliphatic carbocycles. The molecule has 0 atom stereocenters. The summed E-state index contributed by atoms with van der Waals surface area (Å²) >= 11 is 1.07. The van der Waals surface area contributed by atoms with Crippen LogP contribution in [0.2, 0.25) is 0 Å². The molecule has 0 bridgehead atoms. The normalized spacial score (nSPS) is 11.7. The molecule has 0 radical (unpaired) electrons. The van der Waals surface area contributed by atoms with Gasteiger partial charge in [-0.25, -0.2) is 13.8 Å². The predicted octanol–water partition coefficient (Wildman–Crippen LogP) is 2.27. The summed E-state index contributed by atoms with van der Waals surface area (Å²) in [6.07, 6.45) is -2.57. The molecule has 1 heterocycles. The van der Waals surface area contributed by atoms with Crippen molar-refractivity contribution in [1.29, 1.82) is 0 Å². The van der Waals surface area contributed by atoms with Crippen LogP contribution in [0.25, 0.3) is 0 Å². The van der Waals surface area contributed by atoms with E-state index in [2.05, 4.69) is 10.3 Å². The van der Waals surface area contributed by atoms with E-state index in [0.717, 1.165) is 16.2 Å². The van der Waals surface area contributed by atoms with Gasteiger partial charge in [0.25, 0.3) is 12.3 Å². The molecule has 1 aromatic heterocycles. The average Bonchev–Trinajstić information content (AvgIpc) is 2.54. The van der Waals surface area contributed by atoms with E-state index in [1.54, 1.807) is 0 Å². The number of nitrogens with two attached hydrogens (primary N) is 1. The van der Waals surface area contributed by atoms with Gasteiger partial charge in [0.15, 0.2) is 5.13 Å². The first kappa shape index (κ1) is 15.6. The maximum absolute atomic E-state index is 12.2. The highest BCUT2D eigenvalue weighted by molar-refractivity contribution is 7.18. The highest BCUT2D eigenvalue weighted by atomic mass is 32.1. The molecule has 8 heteroatoms. The summed E-state index contributed by atoms with van der Waals surface area (Å²) in [6.45, 7) is 5.19. The monoisotopic (exact) mass is 292 g/mol. The Bertz CT molecular complexity index is 456. The van der Waals surface area contributed by atoms with Crippen molar-refractivity contribution in [2.45, 2.75) is 32.7 Å². The van der Waals surface area contributed by atoms with Crippen LogP contribution >= 0.6 is 11.3 Å². The van der Waals surface area contributed by atoms with E-state index >= 15 is 0 Å². The van der Waals surface area contributed by atoms with Gasteiger partial charge in [-0.2, -0.15) is 0 Å². The zero-order valence-corrected chi connectivity index (χ0v) is 12.1. The largest absolute Gasteiger partial charge is 0.382 e. The third kappa shape index (κ3) is 4.62. The molecule has 0 spiro atoms. The second-order valence-corrected chi connectivity index (χ2v) is 6.18. The van der Waals surface area contributed by atoms with E-state index in [1.807, 2.05) is 20.8 Å². The van der Waals surface area contributed by atoms with Crippen LogP contribution in [0.1, 0.15) is 30.4 Å². The molecule has 1 aromatic rings. The molecule has 0 aliphatic heterocycles. The Morgan fingerprint density at radius 3 is 2.58 bits per heavy atom. The van der Waals surface area contributed by atoms with Gasteiger partial charge in [-0.05, 0) is 20.8 Å². The number of hydrogen-bond acceptors (Lipinski definition) is 5. The standard InChI is InChI=1S/C11H18F2N4OS/c1-11(2,3)16-10-15-8(14)7(19-10)9(18)17(4)5-6(12)13/h6H,5,14H2,1-4H3,(H,15,16). The van der Waals surface area contributed by atoms with Gasteiger partial charge in [-0.1, -0.05) is 11.3 Å². The van der Waals surface area contributed by atoms with E-state index in [-0.39, 0.29) is 16.2 Å². The van der Waals surface area contributed by atoms with Gasteiger partial charge in [0, 0.05) is 12.6 Å². The number of carbonyl (C=O) groups excluding carboxylic acids is 1. The molecule has 0 saturated carbocycles. The smallest absolute Gasteiger partial charge is 0.267 e. The fraction of sp³-hybridized carbons (Fsp3) is 0.636. The summed E-state index contributed by atoms with van der Waals surface area (Å²) in [5.41, 5.74) is 5.43. The van der Waals surface area contributed by atoms with E-state index in [1.165, 1.54) is 7.05 Å². The lowest BCUT2D eigenvalue weighted by atomic mass is 10.1. The van der Waals surface area contributed by atoms with Crippen molar-refractivity contribution in [3.8, 4) is 0 Å². The Morgan fingerprint density at radius 2 is 2.11 bits per heavy atom. The number of thiazole rings is 1. The lowest BCUT2D eigenvalue weighted by Crippen LogP contribution is -2.31. The molecular formula is C11H18F2N4OS. The molecule has 108 valence electrons. The van der Waals surface area contributed by atoms with Gasteiger partial charge in [0.05, 0.1) is 6.54 Å². The minimum Gasteiger partial charge on any atom is -0.382 e. The molecule has 0 unspecified atom stereocenters. The van der Waals surface area contributed by atoms with Crippen molar-refractivity contribution in [3.63, 3.8) is 0 Å². The number of alkyl halides is 2. The summed E-state index contributed by atoms with van der Waals surface area (Å²) in [4.78, 5) is 17.1. The lowest BCUT2D eigenvalue weighted by molar-refractivity contribution is 0.0625. The second kappa shape index (κ2) is 5.68. The van der Waals surface area contributed by atoms with Gasteiger partial charge >= 0.3 is 0 Å². The third-order valence-electron chi connectivity index (χ3n) is 2.09. The number of rotatable bonds is 4. The van der Waals surface area contributed by atoms with Crippen molar-refractivity contribution >= 4 is 28.2 Å². The molecule has 5 nitrogen and oxygen atoms in total. The van der Waals surface area contributed by atoms with Crippen molar-refractivity contribution < 1.29 is 13.6 Å². The fourth-order valence-corrected chi connectivity index (χ4v) is 2.41. The molecule has 0 saturated heterocycles. The maximum Gasteiger partial charge on any atom is 0.267 e. The minimum atomic E-state index is -2.57. The number of aromatic nitrogens is 1. The highest BCUT2D eigenvalue weighted by Gasteiger charge is 2.23. The summed E-state index contributed by atoms with van der Waals surface area (Å²) in [5, 5.41) is 3.58. The van der Waals surface area contributed by atoms with E-state index in [4.69, 9.17) is 5.73 Å². The molecule has 0 aromatic carbocycles. The number of carbonyl (C=O) groups is 1. The van der Waals surface area contributed by atoms with Gasteiger partial charge in [-0.15, -0.1) is 0 Å². The molecule has 19 heavy (non-hydrogen) atoms. The quantitative estimate of drug-likeness (QED) is 0.893. The van der Waals surface area contributed by atoms with Crippen LogP contribution < -0.4 is 11.1 Å². The maximum atomic E-state index is 12.2. The Balaban J connectivity index is 2.87. The van der Waals surface area contributed by atoms with Crippen LogP contribution in [-0.2, 0) is 0 Å². The summed E-state index contributed by atoms with van der Waals surface area (Å²) in [5.74, 6) is -0.486. The molecule has 0 aliphatic rings. The van der Waals surface area contributed by atoms with Crippen LogP contribution in [0, 0.1) is 0 Å². The number of nitrogens with one attached hydrogen (secondary N) is 1. The van der Waals surface area contributed by atoms with E-state index in [0.29, 0.717) is 5.13 Å². The Labute approximate surface area is 114 Å². The lowest BCUT2D eigenvalue weighted by Gasteiger charge is -2.19. The number of amides is 1. The Kier molecular flexibility index (Phi) is 4.67. The zero-order valence-electron chi connectivity index (χ0n) is 11.3. The van der Waals surface area contributed by atoms with Crippen molar-refractivity contribution in [2.75, 3.05) is 24.6 Å². The summed E-state index contributed by atoms with van der Waals surface area (Å²) < 4.78 is 24.5. The minimum absolute atomic E-state index is 0.0582. The zero-order chi connectivity index (χ0) is 14.8. The van der Waals surface area contributed by atoms with Gasteiger partial charge in [-0.3, -0.25) is 4.79 Å². The fourth-order valence-electron chi connectivity index (χ4n) is 1.32. The van der Waals surface area contributed by atoms with Crippen molar-refractivity contribution in [1.82, 2.24) is 9.88 Å². The molecule has 0 fully saturated rings. The second-order valence-electron chi connectivity index (χ2n) is 5.19. The Hall–Kier alpha value is -1.44. The van der Waals surface area contributed by atoms with Gasteiger partial charge in [0.1, 0.15) is 10.7 Å². The van der Waals surface area contributed by atoms with Crippen LogP contribution in [0.15, 0.2) is 0 Å². The highest BCUT2D eigenvalue weighted by Crippen LogP contribution is 2.28. The number of nitrogen functional groups attached to an aromatic ring is 1. The van der Waals surface area contributed by atoms with Gasteiger partial charge in [0.2, 0.25) is 0 Å². The first-order valence-electron chi connectivity index (χ1n) is 5.68. The summed E-state index contributed by atoms with van der Waals surface area (Å²) in [6, 6.07) is 0. The first-order valence-corrected chi connectivity index (χ1v) is 6.50. The molecule has 1 rings (SSSR count). The van der Waals surface area contributed by atoms with Crippen LogP contribution in [0.4, 0.5) is 19.7 Å². The topological polar surface area (TPSA) is 71.2 Å². The first-order chi connectivity index (χ1) is 8.60. The van der Waals surface area contributed by atoms with Gasteiger partial charge < -0.3 is 16.0 Å². The SMILES string of the molecule is CN(CC(F)F)C(=O)c1sc(NC(C)(C)C)nc1N. The van der Waals surface area contributed by atoms with Crippen LogP contribution in [0.3, 0.4) is 0 Å². The average molecular weight is 292 g/mol. The number of anilines is 2. The van der Waals surface area contributed by atoms with E-state index in [9.17, 15) is 13.6 Å². The van der Waals surface area contributed by atoms with E-state index < -0.39 is 18.9 Å². The summed E-state index contributed by atoms with van der Waals surface area (Å²) in [7, 11) is 1.31. The predicted molar refractivity (Wildman–Crippen MR) is 72.9 cm³/mol. The third-order valence-corrected chi connectivity index (χ3v) is 3.06. The molecule has 3 N–H and O–H groups in total. The molecule has 1 amide bonds. The Morgan fingerprint density at radius 1 is 1.53 bits per heavy atom. The number of halogens is 2. The number of hydrogen-bond donors (Lipinski definition) is 2.